The number of piperidine rings is 1. The van der Waals surface area contributed by atoms with Gasteiger partial charge in [0.2, 0.25) is 15.9 Å². The Bertz CT molecular complexity index is 1650. The number of amides is 2. The number of piperazine rings is 1. The van der Waals surface area contributed by atoms with Gasteiger partial charge in [-0.05, 0) is 83.7 Å². The van der Waals surface area contributed by atoms with Crippen molar-refractivity contribution in [3.05, 3.63) is 47.8 Å². The first-order valence-electron chi connectivity index (χ1n) is 15.4. The number of hydrogen-bond acceptors (Lipinski definition) is 7. The predicted octanol–water partition coefficient (Wildman–Crippen LogP) is 5.08. The maximum absolute atomic E-state index is 13.5. The molecule has 2 fully saturated rings. The topological polar surface area (TPSA) is 117 Å². The monoisotopic (exact) mass is 624 g/mol. The number of carbonyl (C=O) groups is 2. The SMILES string of the molecule is Cc1cnc(N2CCN(C(=O)OC(C)(C)C)CC2)cc1NC(=O)C(C)n1cc(C)c2cc(S(=O)(=O)N3CCCCC3)ccc21. The number of sulfonamides is 1. The number of aryl methyl sites for hydroxylation is 2. The summed E-state index contributed by atoms with van der Waals surface area (Å²) in [7, 11) is -3.56. The molecular formula is C32H44N6O5S. The summed E-state index contributed by atoms with van der Waals surface area (Å²) in [5, 5.41) is 3.90. The van der Waals surface area contributed by atoms with Crippen LogP contribution in [0.5, 0.6) is 0 Å². The van der Waals surface area contributed by atoms with Crippen LogP contribution in [0.2, 0.25) is 0 Å². The Balaban J connectivity index is 1.29. The molecule has 2 aliphatic heterocycles. The van der Waals surface area contributed by atoms with E-state index in [1.165, 1.54) is 0 Å². The van der Waals surface area contributed by atoms with Gasteiger partial charge in [0, 0.05) is 74.3 Å². The van der Waals surface area contributed by atoms with E-state index in [1.807, 2.05) is 58.4 Å². The number of ether oxygens (including phenoxy) is 1. The van der Waals surface area contributed by atoms with Gasteiger partial charge in [0.1, 0.15) is 17.5 Å². The van der Waals surface area contributed by atoms with Gasteiger partial charge in [-0.2, -0.15) is 4.31 Å². The third kappa shape index (κ3) is 6.71. The van der Waals surface area contributed by atoms with E-state index >= 15 is 0 Å². The molecule has 0 bridgehead atoms. The number of benzene rings is 1. The van der Waals surface area contributed by atoms with Crippen molar-refractivity contribution in [2.45, 2.75) is 77.3 Å². The number of aromatic nitrogens is 2. The van der Waals surface area contributed by atoms with Crippen LogP contribution in [0.4, 0.5) is 16.3 Å². The molecule has 2 amide bonds. The van der Waals surface area contributed by atoms with Crippen LogP contribution in [0.3, 0.4) is 0 Å². The maximum Gasteiger partial charge on any atom is 0.410 e. The van der Waals surface area contributed by atoms with Crippen LogP contribution in [-0.4, -0.2) is 84.0 Å². The fourth-order valence-electron chi connectivity index (χ4n) is 5.77. The van der Waals surface area contributed by atoms with Crippen LogP contribution in [0.25, 0.3) is 10.9 Å². The number of hydrogen-bond donors (Lipinski definition) is 1. The van der Waals surface area contributed by atoms with E-state index in [4.69, 9.17) is 4.74 Å². The zero-order valence-electron chi connectivity index (χ0n) is 26.6. The normalized spacial score (nSPS) is 17.5. The highest BCUT2D eigenvalue weighted by atomic mass is 32.2. The third-order valence-corrected chi connectivity index (χ3v) is 10.2. The highest BCUT2D eigenvalue weighted by molar-refractivity contribution is 7.89. The molecule has 1 atom stereocenters. The summed E-state index contributed by atoms with van der Waals surface area (Å²) in [6, 6.07) is 6.51. The van der Waals surface area contributed by atoms with Gasteiger partial charge < -0.3 is 24.4 Å². The lowest BCUT2D eigenvalue weighted by molar-refractivity contribution is -0.118. The Morgan fingerprint density at radius 1 is 0.955 bits per heavy atom. The Morgan fingerprint density at radius 2 is 1.64 bits per heavy atom. The summed E-state index contributed by atoms with van der Waals surface area (Å²) in [5.74, 6) is 0.536. The number of fused-ring (bicyclic) bond motifs is 1. The summed E-state index contributed by atoms with van der Waals surface area (Å²) in [6.07, 6.45) is 6.15. The van der Waals surface area contributed by atoms with E-state index in [1.54, 1.807) is 33.6 Å². The van der Waals surface area contributed by atoms with Crippen LogP contribution in [-0.2, 0) is 19.6 Å². The molecule has 11 nitrogen and oxygen atoms in total. The van der Waals surface area contributed by atoms with Crippen molar-refractivity contribution in [1.82, 2.24) is 18.8 Å². The zero-order chi connectivity index (χ0) is 31.8. The molecule has 1 unspecified atom stereocenters. The summed E-state index contributed by atoms with van der Waals surface area (Å²) < 4.78 is 35.5. The lowest BCUT2D eigenvalue weighted by atomic mass is 10.2. The van der Waals surface area contributed by atoms with Crippen LogP contribution in [0.1, 0.15) is 64.1 Å². The predicted molar refractivity (Wildman–Crippen MR) is 172 cm³/mol. The van der Waals surface area contributed by atoms with Gasteiger partial charge in [0.15, 0.2) is 0 Å². The first-order valence-corrected chi connectivity index (χ1v) is 16.8. The fraction of sp³-hybridized carbons (Fsp3) is 0.531. The second kappa shape index (κ2) is 12.4. The van der Waals surface area contributed by atoms with Gasteiger partial charge in [0.25, 0.3) is 0 Å². The van der Waals surface area contributed by atoms with Crippen molar-refractivity contribution in [2.24, 2.45) is 0 Å². The smallest absolute Gasteiger partial charge is 0.410 e. The number of nitrogens with zero attached hydrogens (tertiary/aromatic N) is 5. The number of pyridine rings is 1. The highest BCUT2D eigenvalue weighted by Gasteiger charge is 2.29. The zero-order valence-corrected chi connectivity index (χ0v) is 27.4. The van der Waals surface area contributed by atoms with Crippen molar-refractivity contribution in [3.8, 4) is 0 Å². The average Bonchev–Trinajstić information content (AvgIpc) is 3.33. The van der Waals surface area contributed by atoms with Crippen molar-refractivity contribution in [2.75, 3.05) is 49.5 Å². The fourth-order valence-corrected chi connectivity index (χ4v) is 7.31. The minimum atomic E-state index is -3.56. The van der Waals surface area contributed by atoms with E-state index < -0.39 is 21.7 Å². The number of nitrogens with one attached hydrogen (secondary N) is 1. The standard InChI is InChI=1S/C32H44N6O5S/c1-22-20-33-29(35-14-16-36(17-15-35)31(40)43-32(4,5)6)19-27(22)34-30(39)24(3)38-21-23(2)26-18-25(10-11-28(26)38)44(41,42)37-12-8-7-9-13-37/h10-11,18-21,24H,7-9,12-17H2,1-6H3,(H,33,34,39). The van der Waals surface area contributed by atoms with E-state index in [2.05, 4.69) is 15.2 Å². The molecule has 5 rings (SSSR count). The van der Waals surface area contributed by atoms with Crippen molar-refractivity contribution in [1.29, 1.82) is 0 Å². The average molecular weight is 625 g/mol. The van der Waals surface area contributed by atoms with E-state index in [0.717, 1.165) is 47.1 Å². The molecular weight excluding hydrogens is 580 g/mol. The summed E-state index contributed by atoms with van der Waals surface area (Å²) in [6.45, 7) is 14.6. The number of rotatable bonds is 6. The molecule has 238 valence electrons. The first-order chi connectivity index (χ1) is 20.7. The van der Waals surface area contributed by atoms with E-state index in [9.17, 15) is 18.0 Å². The van der Waals surface area contributed by atoms with Crippen molar-refractivity contribution >= 4 is 44.4 Å². The summed E-state index contributed by atoms with van der Waals surface area (Å²) in [4.78, 5) is 34.7. The largest absolute Gasteiger partial charge is 0.444 e. The molecule has 2 saturated heterocycles. The minimum Gasteiger partial charge on any atom is -0.444 e. The molecule has 2 aromatic heterocycles. The van der Waals surface area contributed by atoms with Gasteiger partial charge in [-0.3, -0.25) is 4.79 Å². The molecule has 3 aromatic rings. The Hall–Kier alpha value is -3.64. The van der Waals surface area contributed by atoms with Gasteiger partial charge in [0.05, 0.1) is 4.90 Å². The van der Waals surface area contributed by atoms with Crippen LogP contribution >= 0.6 is 0 Å². The minimum absolute atomic E-state index is 0.193. The molecule has 0 radical (unpaired) electrons. The maximum atomic E-state index is 13.5. The third-order valence-electron chi connectivity index (χ3n) is 8.36. The quantitative estimate of drug-likeness (QED) is 0.406. The first kappa shape index (κ1) is 31.8. The second-order valence-electron chi connectivity index (χ2n) is 12.8. The molecule has 1 N–H and O–H groups in total. The van der Waals surface area contributed by atoms with Crippen molar-refractivity contribution < 1.29 is 22.7 Å². The Morgan fingerprint density at radius 3 is 2.30 bits per heavy atom. The Labute approximate surface area is 260 Å². The van der Waals surface area contributed by atoms with Gasteiger partial charge in [-0.25, -0.2) is 18.2 Å². The molecule has 2 aliphatic rings. The lowest BCUT2D eigenvalue weighted by Gasteiger charge is -2.36. The van der Waals surface area contributed by atoms with Gasteiger partial charge in [-0.1, -0.05) is 6.42 Å². The molecule has 12 heteroatoms. The molecule has 44 heavy (non-hydrogen) atoms. The summed E-state index contributed by atoms with van der Waals surface area (Å²) in [5.41, 5.74) is 2.67. The molecule has 4 heterocycles. The van der Waals surface area contributed by atoms with Crippen LogP contribution in [0, 0.1) is 13.8 Å². The number of carbonyl (C=O) groups excluding carboxylic acids is 2. The van der Waals surface area contributed by atoms with Crippen LogP contribution in [0.15, 0.2) is 41.6 Å². The van der Waals surface area contributed by atoms with E-state index in [0.29, 0.717) is 45.0 Å². The van der Waals surface area contributed by atoms with Gasteiger partial charge >= 0.3 is 6.09 Å². The summed E-state index contributed by atoms with van der Waals surface area (Å²) >= 11 is 0. The molecule has 0 aliphatic carbocycles. The lowest BCUT2D eigenvalue weighted by Crippen LogP contribution is -2.50. The number of anilines is 2. The van der Waals surface area contributed by atoms with Gasteiger partial charge in [-0.15, -0.1) is 0 Å². The molecule has 0 saturated carbocycles. The molecule has 0 spiro atoms. The second-order valence-corrected chi connectivity index (χ2v) is 14.8. The highest BCUT2D eigenvalue weighted by Crippen LogP contribution is 2.30. The van der Waals surface area contributed by atoms with Crippen LogP contribution < -0.4 is 10.2 Å². The molecule has 1 aromatic carbocycles. The Kier molecular flexibility index (Phi) is 8.95. The van der Waals surface area contributed by atoms with Crippen molar-refractivity contribution in [3.63, 3.8) is 0 Å². The van der Waals surface area contributed by atoms with E-state index in [-0.39, 0.29) is 16.9 Å².